The van der Waals surface area contributed by atoms with Crippen LogP contribution in [0.2, 0.25) is 0 Å². The highest BCUT2D eigenvalue weighted by Crippen LogP contribution is 2.40. The highest BCUT2D eigenvalue weighted by Gasteiger charge is 2.16. The molecule has 4 aromatic heterocycles. The number of hydrogen-bond acceptors (Lipinski definition) is 4. The van der Waals surface area contributed by atoms with Crippen molar-refractivity contribution in [3.05, 3.63) is 128 Å². The third-order valence-electron chi connectivity index (χ3n) is 7.13. The normalized spacial score (nSPS) is 11.6. The smallest absolute Gasteiger partial charge is 0.145 e. The van der Waals surface area contributed by atoms with Crippen molar-refractivity contribution < 1.29 is 4.74 Å². The zero-order valence-corrected chi connectivity index (χ0v) is 21.6. The van der Waals surface area contributed by atoms with Crippen molar-refractivity contribution in [2.24, 2.45) is 0 Å². The molecular weight excluding hydrogens is 498 g/mol. The maximum absolute atomic E-state index is 6.36. The Balaban J connectivity index is 1.27. The van der Waals surface area contributed by atoms with E-state index in [4.69, 9.17) is 9.72 Å². The van der Waals surface area contributed by atoms with Gasteiger partial charge in [0, 0.05) is 55.0 Å². The molecule has 0 aliphatic heterocycles. The minimum Gasteiger partial charge on any atom is -0.457 e. The average Bonchev–Trinajstić information content (AvgIpc) is 3.51. The second-order valence-corrected chi connectivity index (χ2v) is 10.6. The first-order valence-corrected chi connectivity index (χ1v) is 13.6. The lowest BCUT2D eigenvalue weighted by atomic mass is 10.1. The molecule has 8 aromatic rings. The van der Waals surface area contributed by atoms with Crippen LogP contribution in [0, 0.1) is 0 Å². The van der Waals surface area contributed by atoms with E-state index < -0.39 is 0 Å². The van der Waals surface area contributed by atoms with E-state index in [1.54, 1.807) is 6.20 Å². The molecule has 5 heteroatoms. The van der Waals surface area contributed by atoms with E-state index in [2.05, 4.69) is 64.1 Å². The molecule has 39 heavy (non-hydrogen) atoms. The first-order valence-electron chi connectivity index (χ1n) is 12.8. The van der Waals surface area contributed by atoms with Crippen molar-refractivity contribution in [3.8, 4) is 28.4 Å². The van der Waals surface area contributed by atoms with Crippen LogP contribution in [0.1, 0.15) is 0 Å². The van der Waals surface area contributed by atoms with Crippen LogP contribution in [0.4, 0.5) is 0 Å². The number of rotatable bonds is 4. The van der Waals surface area contributed by atoms with Crippen LogP contribution in [-0.2, 0) is 0 Å². The molecule has 184 valence electrons. The number of ether oxygens (including phenoxy) is 1. The maximum Gasteiger partial charge on any atom is 0.145 e. The lowest BCUT2D eigenvalue weighted by Gasteiger charge is -2.11. The highest BCUT2D eigenvalue weighted by atomic mass is 32.1. The SMILES string of the molecule is c1ccc(-c2cccc(Oc3cccc(-n4c5cc6c(cc5c5cccnc54)sc4ccccc46)c3)c2)nc1. The van der Waals surface area contributed by atoms with Gasteiger partial charge in [0.25, 0.3) is 0 Å². The van der Waals surface area contributed by atoms with Crippen LogP contribution in [0.3, 0.4) is 0 Å². The fraction of sp³-hybridized carbons (Fsp3) is 0. The molecule has 8 rings (SSSR count). The Morgan fingerprint density at radius 3 is 2.31 bits per heavy atom. The van der Waals surface area contributed by atoms with Crippen molar-refractivity contribution in [3.63, 3.8) is 0 Å². The number of aromatic nitrogens is 3. The van der Waals surface area contributed by atoms with E-state index in [1.165, 1.54) is 25.6 Å². The van der Waals surface area contributed by atoms with E-state index in [0.29, 0.717) is 0 Å². The van der Waals surface area contributed by atoms with Crippen molar-refractivity contribution >= 4 is 53.4 Å². The molecule has 4 heterocycles. The van der Waals surface area contributed by atoms with E-state index >= 15 is 0 Å². The number of fused-ring (bicyclic) bond motifs is 6. The van der Waals surface area contributed by atoms with E-state index in [0.717, 1.165) is 45.0 Å². The fourth-order valence-electron chi connectivity index (χ4n) is 5.40. The van der Waals surface area contributed by atoms with Gasteiger partial charge >= 0.3 is 0 Å². The van der Waals surface area contributed by atoms with Gasteiger partial charge in [-0.2, -0.15) is 0 Å². The summed E-state index contributed by atoms with van der Waals surface area (Å²) in [6.45, 7) is 0. The number of benzene rings is 4. The van der Waals surface area contributed by atoms with Crippen molar-refractivity contribution in [2.45, 2.75) is 0 Å². The molecule has 0 fully saturated rings. The van der Waals surface area contributed by atoms with Gasteiger partial charge in [0.1, 0.15) is 17.1 Å². The molecule has 0 spiro atoms. The summed E-state index contributed by atoms with van der Waals surface area (Å²) in [5, 5.41) is 4.90. The van der Waals surface area contributed by atoms with Gasteiger partial charge in [-0.3, -0.25) is 9.55 Å². The summed E-state index contributed by atoms with van der Waals surface area (Å²) in [7, 11) is 0. The number of nitrogens with zero attached hydrogens (tertiary/aromatic N) is 3. The first kappa shape index (κ1) is 22.0. The van der Waals surface area contributed by atoms with Crippen LogP contribution in [0.25, 0.3) is 59.1 Å². The molecule has 0 radical (unpaired) electrons. The molecule has 0 saturated carbocycles. The lowest BCUT2D eigenvalue weighted by molar-refractivity contribution is 0.482. The summed E-state index contributed by atoms with van der Waals surface area (Å²) in [6, 6.07) is 39.6. The zero-order valence-electron chi connectivity index (χ0n) is 20.8. The molecular formula is C34H21N3OS. The summed E-state index contributed by atoms with van der Waals surface area (Å²) in [5.41, 5.74) is 5.01. The maximum atomic E-state index is 6.36. The summed E-state index contributed by atoms with van der Waals surface area (Å²) in [5.74, 6) is 1.53. The molecule has 0 aliphatic rings. The topological polar surface area (TPSA) is 39.9 Å². The third-order valence-corrected chi connectivity index (χ3v) is 8.26. The van der Waals surface area contributed by atoms with Crippen molar-refractivity contribution in [2.75, 3.05) is 0 Å². The summed E-state index contributed by atoms with van der Waals surface area (Å²) in [4.78, 5) is 9.28. The predicted molar refractivity (Wildman–Crippen MR) is 161 cm³/mol. The van der Waals surface area contributed by atoms with Crippen LogP contribution in [0.15, 0.2) is 128 Å². The van der Waals surface area contributed by atoms with E-state index in [1.807, 2.05) is 78.2 Å². The quantitative estimate of drug-likeness (QED) is 0.232. The molecule has 0 bridgehead atoms. The van der Waals surface area contributed by atoms with Crippen LogP contribution < -0.4 is 4.74 Å². The van der Waals surface area contributed by atoms with Gasteiger partial charge in [-0.25, -0.2) is 4.98 Å². The van der Waals surface area contributed by atoms with Gasteiger partial charge in [-0.05, 0) is 66.7 Å². The number of thiophene rings is 1. The molecule has 0 amide bonds. The molecule has 4 aromatic carbocycles. The third kappa shape index (κ3) is 3.67. The standard InChI is InChI=1S/C34H21N3OS/c1-2-15-32-26(12-1)29-20-31-28(21-33(29)39-32)27-13-7-17-36-34(27)37(31)23-9-6-11-25(19-23)38-24-10-5-8-22(18-24)30-14-3-4-16-35-30/h1-21H. The number of pyridine rings is 2. The zero-order chi connectivity index (χ0) is 25.8. The van der Waals surface area contributed by atoms with Gasteiger partial charge in [-0.15, -0.1) is 11.3 Å². The molecule has 0 unspecified atom stereocenters. The fourth-order valence-corrected chi connectivity index (χ4v) is 6.52. The Kier molecular flexibility index (Phi) is 4.96. The predicted octanol–water partition coefficient (Wildman–Crippen LogP) is 9.40. The average molecular weight is 520 g/mol. The Labute approximate surface area is 228 Å². The highest BCUT2D eigenvalue weighted by molar-refractivity contribution is 7.25. The second-order valence-electron chi connectivity index (χ2n) is 9.52. The second kappa shape index (κ2) is 8.79. The first-order chi connectivity index (χ1) is 19.3. The van der Waals surface area contributed by atoms with Crippen molar-refractivity contribution in [1.82, 2.24) is 14.5 Å². The molecule has 0 N–H and O–H groups in total. The largest absolute Gasteiger partial charge is 0.457 e. The van der Waals surface area contributed by atoms with Gasteiger partial charge in [-0.1, -0.05) is 42.5 Å². The summed E-state index contributed by atoms with van der Waals surface area (Å²) >= 11 is 1.84. The Bertz CT molecular complexity index is 2160. The summed E-state index contributed by atoms with van der Waals surface area (Å²) < 4.78 is 11.2. The Morgan fingerprint density at radius 1 is 0.564 bits per heavy atom. The van der Waals surface area contributed by atoms with Crippen LogP contribution in [-0.4, -0.2) is 14.5 Å². The Morgan fingerprint density at radius 2 is 1.38 bits per heavy atom. The monoisotopic (exact) mass is 519 g/mol. The molecule has 4 nitrogen and oxygen atoms in total. The van der Waals surface area contributed by atoms with Gasteiger partial charge in [0.2, 0.25) is 0 Å². The molecule has 0 saturated heterocycles. The minimum absolute atomic E-state index is 0.763. The lowest BCUT2D eigenvalue weighted by Crippen LogP contribution is -1.96. The van der Waals surface area contributed by atoms with Crippen molar-refractivity contribution in [1.29, 1.82) is 0 Å². The number of hydrogen-bond donors (Lipinski definition) is 0. The van der Waals surface area contributed by atoms with E-state index in [9.17, 15) is 0 Å². The summed E-state index contributed by atoms with van der Waals surface area (Å²) in [6.07, 6.45) is 3.66. The van der Waals surface area contributed by atoms with Gasteiger partial charge in [0.15, 0.2) is 0 Å². The van der Waals surface area contributed by atoms with Crippen LogP contribution in [0.5, 0.6) is 11.5 Å². The van der Waals surface area contributed by atoms with Crippen LogP contribution >= 0.6 is 11.3 Å². The Hall–Kier alpha value is -5.00. The van der Waals surface area contributed by atoms with Gasteiger partial charge < -0.3 is 4.74 Å². The van der Waals surface area contributed by atoms with E-state index in [-0.39, 0.29) is 0 Å². The molecule has 0 aliphatic carbocycles. The minimum atomic E-state index is 0.763. The molecule has 0 atom stereocenters. The van der Waals surface area contributed by atoms with Gasteiger partial charge in [0.05, 0.1) is 16.9 Å².